The van der Waals surface area contributed by atoms with E-state index >= 15 is 8.78 Å². The van der Waals surface area contributed by atoms with Crippen molar-refractivity contribution in [3.05, 3.63) is 61.9 Å². The maximum atomic E-state index is 15.1. The number of ether oxygens (including phenoxy) is 1. The number of aliphatic imine (C=N–C) groups is 1. The molecule has 2 N–H and O–H groups in total. The highest BCUT2D eigenvalue weighted by molar-refractivity contribution is 9.10. The Morgan fingerprint density at radius 2 is 2.13 bits per heavy atom. The molecule has 4 heterocycles. The molecule has 1 aromatic heterocycles. The lowest BCUT2D eigenvalue weighted by Crippen LogP contribution is -2.50. The van der Waals surface area contributed by atoms with Gasteiger partial charge in [0.1, 0.15) is 11.9 Å². The summed E-state index contributed by atoms with van der Waals surface area (Å²) < 4.78 is 49.9. The minimum atomic E-state index is -3.00. The number of aromatic nitrogens is 1. The number of carboxylic acid groups (broad SMARTS) is 1. The molecule has 1 unspecified atom stereocenters. The number of nitrogens with one attached hydrogen (secondary N) is 1. The van der Waals surface area contributed by atoms with Crippen LogP contribution in [-0.2, 0) is 14.3 Å². The number of rotatable bonds is 7. The molecule has 0 radical (unpaired) electrons. The molecular formula is C25H24BrF3N4O4S. The Morgan fingerprint density at radius 1 is 1.34 bits per heavy atom. The third-order valence-corrected chi connectivity index (χ3v) is 8.89. The molecule has 1 aromatic carbocycles. The van der Waals surface area contributed by atoms with Gasteiger partial charge in [-0.2, -0.15) is 0 Å². The number of benzene rings is 1. The van der Waals surface area contributed by atoms with E-state index in [0.717, 1.165) is 0 Å². The first kappa shape index (κ1) is 26.8. The van der Waals surface area contributed by atoms with Crippen LogP contribution in [0.1, 0.15) is 42.3 Å². The Kier molecular flexibility index (Phi) is 7.35. The second kappa shape index (κ2) is 10.4. The number of thiazole rings is 1. The normalized spacial score (nSPS) is 26.6. The minimum Gasteiger partial charge on any atom is -0.481 e. The quantitative estimate of drug-likeness (QED) is 0.443. The smallest absolute Gasteiger partial charge is 0.338 e. The van der Waals surface area contributed by atoms with E-state index < -0.39 is 41.8 Å². The van der Waals surface area contributed by atoms with Crippen LogP contribution in [0.25, 0.3) is 0 Å². The first-order chi connectivity index (χ1) is 18.1. The molecule has 2 saturated heterocycles. The van der Waals surface area contributed by atoms with Gasteiger partial charge in [0.2, 0.25) is 0 Å². The molecule has 0 aliphatic carbocycles. The summed E-state index contributed by atoms with van der Waals surface area (Å²) in [6.07, 6.45) is 1.38. The van der Waals surface area contributed by atoms with Crippen molar-refractivity contribution >= 4 is 45.0 Å². The van der Waals surface area contributed by atoms with Gasteiger partial charge >= 0.3 is 11.9 Å². The number of carbonyl (C=O) groups excluding carboxylic acids is 1. The number of methoxy groups -OCH3 is 1. The predicted molar refractivity (Wildman–Crippen MR) is 136 cm³/mol. The molecule has 2 fully saturated rings. The number of esters is 1. The number of fused-ring (bicyclic) bond motifs is 2. The van der Waals surface area contributed by atoms with E-state index in [2.05, 4.69) is 31.2 Å². The molecule has 2 bridgehead atoms. The number of nitrogens with zero attached hydrogens (tertiary/aromatic N) is 3. The number of carbonyl (C=O) groups is 2. The summed E-state index contributed by atoms with van der Waals surface area (Å²) in [6.45, 7) is -0.0526. The number of halogens is 4. The summed E-state index contributed by atoms with van der Waals surface area (Å²) in [5.74, 6) is -5.32. The van der Waals surface area contributed by atoms with E-state index in [1.807, 2.05) is 0 Å². The third kappa shape index (κ3) is 4.98. The number of aliphatic carboxylic acids is 1. The molecule has 8 nitrogen and oxygen atoms in total. The van der Waals surface area contributed by atoms with Gasteiger partial charge in [0.25, 0.3) is 5.92 Å². The van der Waals surface area contributed by atoms with E-state index in [1.165, 1.54) is 30.6 Å². The number of piperidine rings is 1. The van der Waals surface area contributed by atoms with Gasteiger partial charge in [0, 0.05) is 42.7 Å². The third-order valence-electron chi connectivity index (χ3n) is 7.27. The van der Waals surface area contributed by atoms with Crippen LogP contribution in [0.3, 0.4) is 0 Å². The lowest BCUT2D eigenvalue weighted by molar-refractivity contribution is -0.139. The highest BCUT2D eigenvalue weighted by Gasteiger charge is 2.57. The monoisotopic (exact) mass is 612 g/mol. The van der Waals surface area contributed by atoms with Crippen molar-refractivity contribution in [2.24, 2.45) is 10.9 Å². The van der Waals surface area contributed by atoms with E-state index in [-0.39, 0.29) is 41.8 Å². The van der Waals surface area contributed by atoms with Gasteiger partial charge in [0.15, 0.2) is 10.8 Å². The molecule has 4 atom stereocenters. The van der Waals surface area contributed by atoms with E-state index in [9.17, 15) is 19.1 Å². The average molecular weight is 613 g/mol. The Labute approximate surface area is 228 Å². The highest BCUT2D eigenvalue weighted by atomic mass is 79.9. The van der Waals surface area contributed by atoms with Crippen molar-refractivity contribution in [3.63, 3.8) is 0 Å². The fourth-order valence-corrected chi connectivity index (χ4v) is 6.77. The number of alkyl halides is 2. The maximum absolute atomic E-state index is 15.1. The van der Waals surface area contributed by atoms with Gasteiger partial charge < -0.3 is 15.2 Å². The van der Waals surface area contributed by atoms with Crippen LogP contribution in [-0.4, -0.2) is 64.4 Å². The molecular weight excluding hydrogens is 589 g/mol. The van der Waals surface area contributed by atoms with Crippen LogP contribution in [0.4, 0.5) is 13.2 Å². The molecule has 0 saturated carbocycles. The molecule has 3 aliphatic heterocycles. The molecule has 0 spiro atoms. The second-order valence-electron chi connectivity index (χ2n) is 9.61. The predicted octanol–water partition coefficient (Wildman–Crippen LogP) is 4.53. The average Bonchev–Trinajstić information content (AvgIpc) is 3.44. The molecule has 202 valence electrons. The van der Waals surface area contributed by atoms with Crippen LogP contribution in [0.2, 0.25) is 0 Å². The Morgan fingerprint density at radius 3 is 2.79 bits per heavy atom. The summed E-state index contributed by atoms with van der Waals surface area (Å²) in [5.41, 5.74) is 0.754. The lowest BCUT2D eigenvalue weighted by Gasteiger charge is -2.40. The summed E-state index contributed by atoms with van der Waals surface area (Å²) >= 11 is 4.56. The zero-order valence-electron chi connectivity index (χ0n) is 20.2. The first-order valence-corrected chi connectivity index (χ1v) is 13.6. The Bertz CT molecular complexity index is 1320. The van der Waals surface area contributed by atoms with Crippen LogP contribution in [0.15, 0.2) is 50.5 Å². The number of amidine groups is 1. The van der Waals surface area contributed by atoms with Crippen molar-refractivity contribution in [2.45, 2.75) is 49.7 Å². The van der Waals surface area contributed by atoms with Gasteiger partial charge in [-0.05, 0) is 46.3 Å². The van der Waals surface area contributed by atoms with Crippen LogP contribution >= 0.6 is 27.3 Å². The zero-order chi connectivity index (χ0) is 27.2. The first-order valence-electron chi connectivity index (χ1n) is 11.9. The largest absolute Gasteiger partial charge is 0.481 e. The molecule has 3 aliphatic rings. The second-order valence-corrected chi connectivity index (χ2v) is 11.3. The van der Waals surface area contributed by atoms with E-state index in [0.29, 0.717) is 28.5 Å². The van der Waals surface area contributed by atoms with Gasteiger partial charge in [-0.15, -0.1) is 11.3 Å². The van der Waals surface area contributed by atoms with Gasteiger partial charge in [0.05, 0.1) is 23.2 Å². The highest BCUT2D eigenvalue weighted by Crippen LogP contribution is 2.49. The van der Waals surface area contributed by atoms with Crippen molar-refractivity contribution < 1.29 is 32.6 Å². The minimum absolute atomic E-state index is 0.0307. The Hall–Kier alpha value is -2.77. The summed E-state index contributed by atoms with van der Waals surface area (Å²) in [6, 6.07) is 1.65. The summed E-state index contributed by atoms with van der Waals surface area (Å²) in [5, 5.41) is 14.6. The van der Waals surface area contributed by atoms with Crippen LogP contribution in [0.5, 0.6) is 0 Å². The van der Waals surface area contributed by atoms with Gasteiger partial charge in [-0.3, -0.25) is 14.7 Å². The molecule has 0 amide bonds. The fourth-order valence-electron chi connectivity index (χ4n) is 5.70. The number of hydrogen-bond donors (Lipinski definition) is 2. The maximum Gasteiger partial charge on any atom is 0.338 e. The van der Waals surface area contributed by atoms with Crippen molar-refractivity contribution in [1.82, 2.24) is 15.2 Å². The van der Waals surface area contributed by atoms with E-state index in [1.54, 1.807) is 22.5 Å². The standard InChI is InChI=1S/C25H24BrF3N4O4S/c1-37-24(36)19-16(11-33-13-7-12(9-18(34)35)8-17(33)25(28,29)10-13)31-22(23-30-5-6-38-23)32-21(19)14-3-2-4-15(27)20(14)26/h2-6,12-13,17,21H,7-11H2,1H3,(H,31,32)(H,34,35)/t12?,13-,17+,21-/m0/s1. The number of hydrogen-bond acceptors (Lipinski definition) is 8. The lowest BCUT2D eigenvalue weighted by atomic mass is 9.87. The SMILES string of the molecule is COC(=O)C1=C(CN2[C@H]3CC(CC(=O)O)C[C@@H]2C(F)(F)C3)NC(c2nccs2)=N[C@H]1c1cccc(F)c1Br. The van der Waals surface area contributed by atoms with Gasteiger partial charge in [-0.1, -0.05) is 12.1 Å². The van der Waals surface area contributed by atoms with Gasteiger partial charge in [-0.25, -0.2) is 22.9 Å². The molecule has 13 heteroatoms. The van der Waals surface area contributed by atoms with Crippen molar-refractivity contribution in [1.29, 1.82) is 0 Å². The molecule has 5 rings (SSSR count). The summed E-state index contributed by atoms with van der Waals surface area (Å²) in [7, 11) is 1.21. The fraction of sp³-hybridized carbons (Fsp3) is 0.440. The molecule has 38 heavy (non-hydrogen) atoms. The number of carboxylic acids is 1. The van der Waals surface area contributed by atoms with Crippen LogP contribution < -0.4 is 5.32 Å². The van der Waals surface area contributed by atoms with E-state index in [4.69, 9.17) is 4.74 Å². The topological polar surface area (TPSA) is 104 Å². The molecule has 2 aromatic rings. The summed E-state index contributed by atoms with van der Waals surface area (Å²) in [4.78, 5) is 35.0. The van der Waals surface area contributed by atoms with Crippen molar-refractivity contribution in [2.75, 3.05) is 13.7 Å². The zero-order valence-corrected chi connectivity index (χ0v) is 22.6. The van der Waals surface area contributed by atoms with Crippen LogP contribution in [0, 0.1) is 11.7 Å². The van der Waals surface area contributed by atoms with Crippen molar-refractivity contribution in [3.8, 4) is 0 Å². The Balaban J connectivity index is 1.58.